The van der Waals surface area contributed by atoms with E-state index in [4.69, 9.17) is 23.2 Å². The third-order valence-electron chi connectivity index (χ3n) is 4.16. The molecule has 0 saturated heterocycles. The number of aromatic nitrogens is 3. The average Bonchev–Trinajstić information content (AvgIpc) is 3.04. The number of aromatic hydroxyl groups is 1. The number of carbonyl (C=O) groups excluding carboxylic acids is 1. The third kappa shape index (κ3) is 3.01. The van der Waals surface area contributed by atoms with Gasteiger partial charge in [-0.05, 0) is 12.1 Å². The molecular formula is C18H12Cl2N4O3. The molecule has 0 radical (unpaired) electrons. The number of halogens is 2. The van der Waals surface area contributed by atoms with Crippen LogP contribution in [0, 0.1) is 0 Å². The quantitative estimate of drug-likeness (QED) is 0.487. The van der Waals surface area contributed by atoms with Crippen LogP contribution in [-0.4, -0.2) is 25.5 Å². The van der Waals surface area contributed by atoms with Gasteiger partial charge in [0.15, 0.2) is 5.75 Å². The highest BCUT2D eigenvalue weighted by atomic mass is 35.5. The molecule has 2 heterocycles. The molecule has 4 rings (SSSR count). The van der Waals surface area contributed by atoms with Crippen LogP contribution in [0.3, 0.4) is 0 Å². The Balaban J connectivity index is 1.66. The fraction of sp³-hybridized carbons (Fsp3) is 0.0556. The number of phenols is 1. The van der Waals surface area contributed by atoms with Crippen LogP contribution < -0.4 is 10.9 Å². The zero-order valence-electron chi connectivity index (χ0n) is 13.7. The van der Waals surface area contributed by atoms with Crippen LogP contribution in [0.15, 0.2) is 47.7 Å². The van der Waals surface area contributed by atoms with Gasteiger partial charge in [0.25, 0.3) is 5.56 Å². The van der Waals surface area contributed by atoms with E-state index in [1.165, 1.54) is 12.4 Å². The third-order valence-corrected chi connectivity index (χ3v) is 4.74. The zero-order valence-corrected chi connectivity index (χ0v) is 15.2. The Morgan fingerprint density at radius 3 is 2.85 bits per heavy atom. The molecule has 0 atom stereocenters. The lowest BCUT2D eigenvalue weighted by atomic mass is 10.2. The molecule has 0 aliphatic carbocycles. The lowest BCUT2D eigenvalue weighted by molar-refractivity contribution is -0.116. The van der Waals surface area contributed by atoms with Crippen molar-refractivity contribution in [3.63, 3.8) is 0 Å². The Labute approximate surface area is 162 Å². The molecule has 9 heteroatoms. The summed E-state index contributed by atoms with van der Waals surface area (Å²) in [6.07, 6.45) is 2.85. The van der Waals surface area contributed by atoms with Crippen molar-refractivity contribution in [2.45, 2.75) is 6.54 Å². The van der Waals surface area contributed by atoms with Crippen molar-refractivity contribution in [2.75, 3.05) is 5.32 Å². The van der Waals surface area contributed by atoms with Crippen molar-refractivity contribution in [3.05, 3.63) is 63.3 Å². The van der Waals surface area contributed by atoms with Gasteiger partial charge in [0.05, 0.1) is 27.4 Å². The first kappa shape index (κ1) is 17.4. The molecule has 0 fully saturated rings. The minimum Gasteiger partial charge on any atom is -0.504 e. The molecule has 2 aromatic carbocycles. The maximum absolute atomic E-state index is 12.7. The summed E-state index contributed by atoms with van der Waals surface area (Å²) in [5.41, 5.74) is 0.938. The van der Waals surface area contributed by atoms with E-state index >= 15 is 0 Å². The monoisotopic (exact) mass is 402 g/mol. The number of anilines is 1. The van der Waals surface area contributed by atoms with Crippen molar-refractivity contribution in [3.8, 4) is 5.75 Å². The van der Waals surface area contributed by atoms with Gasteiger partial charge in [-0.3, -0.25) is 14.2 Å². The Morgan fingerprint density at radius 1 is 1.26 bits per heavy atom. The number of benzene rings is 2. The molecule has 27 heavy (non-hydrogen) atoms. The molecule has 0 saturated carbocycles. The van der Waals surface area contributed by atoms with Gasteiger partial charge in [0, 0.05) is 17.1 Å². The van der Waals surface area contributed by atoms with Crippen LogP contribution in [0.1, 0.15) is 0 Å². The molecule has 0 unspecified atom stereocenters. The first-order valence-electron chi connectivity index (χ1n) is 7.88. The highest BCUT2D eigenvalue weighted by Crippen LogP contribution is 2.34. The molecule has 2 aromatic heterocycles. The number of hydrogen-bond donors (Lipinski definition) is 3. The van der Waals surface area contributed by atoms with Gasteiger partial charge in [0.2, 0.25) is 5.91 Å². The van der Waals surface area contributed by atoms with E-state index in [9.17, 15) is 14.7 Å². The number of aromatic amines is 1. The Kier molecular flexibility index (Phi) is 4.25. The maximum Gasteiger partial charge on any atom is 0.263 e. The fourth-order valence-corrected chi connectivity index (χ4v) is 3.41. The number of nitrogens with one attached hydrogen (secondary N) is 2. The smallest absolute Gasteiger partial charge is 0.263 e. The number of amides is 1. The second-order valence-corrected chi connectivity index (χ2v) is 6.70. The molecule has 7 nitrogen and oxygen atoms in total. The fourth-order valence-electron chi connectivity index (χ4n) is 2.88. The minimum atomic E-state index is -0.550. The molecule has 4 aromatic rings. The molecule has 0 aliphatic rings. The first-order valence-corrected chi connectivity index (χ1v) is 8.63. The number of carbonyl (C=O) groups is 1. The highest BCUT2D eigenvalue weighted by Gasteiger charge is 2.16. The minimum absolute atomic E-state index is 0.000890. The Bertz CT molecular complexity index is 1260. The van der Waals surface area contributed by atoms with Gasteiger partial charge in [-0.15, -0.1) is 0 Å². The van der Waals surface area contributed by atoms with Gasteiger partial charge in [-0.25, -0.2) is 4.98 Å². The van der Waals surface area contributed by atoms with Crippen molar-refractivity contribution >= 4 is 56.6 Å². The number of H-pyrrole nitrogens is 1. The summed E-state index contributed by atoms with van der Waals surface area (Å²) in [5.74, 6) is -0.735. The largest absolute Gasteiger partial charge is 0.504 e. The molecule has 3 N–H and O–H groups in total. The van der Waals surface area contributed by atoms with Crippen molar-refractivity contribution in [2.24, 2.45) is 0 Å². The van der Waals surface area contributed by atoms with Gasteiger partial charge in [0.1, 0.15) is 12.1 Å². The Morgan fingerprint density at radius 2 is 2.04 bits per heavy atom. The molecule has 0 bridgehead atoms. The van der Waals surface area contributed by atoms with Crippen LogP contribution in [-0.2, 0) is 11.3 Å². The number of hydrogen-bond acceptors (Lipinski definition) is 4. The van der Waals surface area contributed by atoms with Crippen LogP contribution >= 0.6 is 23.2 Å². The summed E-state index contributed by atoms with van der Waals surface area (Å²) in [6, 6.07) is 8.78. The van der Waals surface area contributed by atoms with Crippen LogP contribution in [0.25, 0.3) is 21.8 Å². The van der Waals surface area contributed by atoms with E-state index in [0.29, 0.717) is 5.69 Å². The number of nitrogens with zero attached hydrogens (tertiary/aromatic N) is 2. The zero-order chi connectivity index (χ0) is 19.1. The number of rotatable bonds is 3. The second-order valence-electron chi connectivity index (χ2n) is 5.89. The lowest BCUT2D eigenvalue weighted by Crippen LogP contribution is -2.28. The standard InChI is InChI=1S/C18H12Cl2N4O3/c19-10-5-11(20)17(26)16-15(10)18(27)24(8-22-16)7-14(25)23-13-6-21-12-4-2-1-3-9(12)13/h1-6,8,21,26H,7H2,(H,23,25). The van der Waals surface area contributed by atoms with Crippen molar-refractivity contribution in [1.29, 1.82) is 0 Å². The summed E-state index contributed by atoms with van der Waals surface area (Å²) < 4.78 is 1.12. The van der Waals surface area contributed by atoms with Gasteiger partial charge < -0.3 is 15.4 Å². The normalized spacial score (nSPS) is 11.2. The lowest BCUT2D eigenvalue weighted by Gasteiger charge is -2.09. The van der Waals surface area contributed by atoms with E-state index in [0.717, 1.165) is 15.5 Å². The van der Waals surface area contributed by atoms with Crippen molar-refractivity contribution < 1.29 is 9.90 Å². The maximum atomic E-state index is 12.7. The summed E-state index contributed by atoms with van der Waals surface area (Å²) in [4.78, 5) is 32.1. The summed E-state index contributed by atoms with van der Waals surface area (Å²) >= 11 is 11.9. The molecule has 0 aliphatic heterocycles. The topological polar surface area (TPSA) is 100 Å². The summed E-state index contributed by atoms with van der Waals surface area (Å²) in [6.45, 7) is -0.263. The summed E-state index contributed by atoms with van der Waals surface area (Å²) in [5, 5.41) is 13.6. The molecule has 136 valence electrons. The van der Waals surface area contributed by atoms with Crippen LogP contribution in [0.2, 0.25) is 10.0 Å². The van der Waals surface area contributed by atoms with E-state index in [1.54, 1.807) is 6.20 Å². The predicted octanol–water partition coefficient (Wildman–Crippen LogP) is 3.53. The number of para-hydroxylation sites is 1. The van der Waals surface area contributed by atoms with E-state index in [-0.39, 0.29) is 33.2 Å². The molecule has 0 spiro atoms. The second kappa shape index (κ2) is 6.61. The van der Waals surface area contributed by atoms with Gasteiger partial charge >= 0.3 is 0 Å². The first-order chi connectivity index (χ1) is 13.0. The highest BCUT2D eigenvalue weighted by molar-refractivity contribution is 6.39. The van der Waals surface area contributed by atoms with E-state index in [1.807, 2.05) is 24.3 Å². The molecule has 1 amide bonds. The van der Waals surface area contributed by atoms with Gasteiger partial charge in [-0.1, -0.05) is 41.4 Å². The van der Waals surface area contributed by atoms with Crippen LogP contribution in [0.5, 0.6) is 5.75 Å². The Hall–Kier alpha value is -3.03. The van der Waals surface area contributed by atoms with E-state index in [2.05, 4.69) is 15.3 Å². The summed E-state index contributed by atoms with van der Waals surface area (Å²) in [7, 11) is 0. The number of phenolic OH excluding ortho intramolecular Hbond substituents is 1. The SMILES string of the molecule is O=C(Cn1cnc2c(O)c(Cl)cc(Cl)c2c1=O)Nc1c[nH]c2ccccc12. The predicted molar refractivity (Wildman–Crippen MR) is 105 cm³/mol. The van der Waals surface area contributed by atoms with Crippen LogP contribution in [0.4, 0.5) is 5.69 Å². The van der Waals surface area contributed by atoms with Crippen molar-refractivity contribution in [1.82, 2.24) is 14.5 Å². The average molecular weight is 403 g/mol. The molecular weight excluding hydrogens is 391 g/mol. The number of fused-ring (bicyclic) bond motifs is 2. The van der Waals surface area contributed by atoms with Gasteiger partial charge in [-0.2, -0.15) is 0 Å². The van der Waals surface area contributed by atoms with E-state index < -0.39 is 11.5 Å².